The van der Waals surface area contributed by atoms with Crippen molar-refractivity contribution in [3.63, 3.8) is 0 Å². The van der Waals surface area contributed by atoms with Crippen molar-refractivity contribution < 1.29 is 19.4 Å². The average Bonchev–Trinajstić information content (AvgIpc) is 2.78. The third-order valence-electron chi connectivity index (χ3n) is 2.90. The first-order valence-electron chi connectivity index (χ1n) is 6.19. The molecule has 9 heteroatoms. The minimum Gasteiger partial charge on any atom is -0.480 e. The van der Waals surface area contributed by atoms with Crippen molar-refractivity contribution >= 4 is 11.9 Å². The third kappa shape index (κ3) is 4.00. The molecule has 3 N–H and O–H groups in total. The molecule has 0 saturated carbocycles. The molecule has 0 atom stereocenters. The molecule has 2 heterocycles. The molecule has 110 valence electrons. The molecule has 1 aliphatic heterocycles. The molecular formula is C11H17N5O4. The van der Waals surface area contributed by atoms with Gasteiger partial charge >= 0.3 is 5.97 Å². The number of carboxylic acid groups (broad SMARTS) is 1. The fraction of sp³-hybridized carbons (Fsp3) is 0.636. The molecule has 1 aromatic rings. The number of aromatic nitrogens is 3. The van der Waals surface area contributed by atoms with Crippen LogP contribution in [0.1, 0.15) is 12.6 Å². The highest BCUT2D eigenvalue weighted by molar-refractivity contribution is 5.77. The monoisotopic (exact) mass is 283 g/mol. The maximum absolute atomic E-state index is 11.6. The van der Waals surface area contributed by atoms with Crippen LogP contribution in [0.25, 0.3) is 0 Å². The van der Waals surface area contributed by atoms with Gasteiger partial charge in [0, 0.05) is 13.1 Å². The van der Waals surface area contributed by atoms with Crippen molar-refractivity contribution in [1.29, 1.82) is 0 Å². The second-order valence-electron chi connectivity index (χ2n) is 4.92. The molecule has 1 saturated heterocycles. The molecule has 2 rings (SSSR count). The zero-order chi connectivity index (χ0) is 14.6. The number of hydrogen-bond donors (Lipinski definition) is 3. The van der Waals surface area contributed by atoms with E-state index in [9.17, 15) is 9.59 Å². The van der Waals surface area contributed by atoms with Gasteiger partial charge in [-0.05, 0) is 6.92 Å². The Morgan fingerprint density at radius 3 is 2.95 bits per heavy atom. The summed E-state index contributed by atoms with van der Waals surface area (Å²) < 4.78 is 6.68. The highest BCUT2D eigenvalue weighted by Gasteiger charge is 2.32. The maximum Gasteiger partial charge on any atom is 0.325 e. The predicted octanol–water partition coefficient (Wildman–Crippen LogP) is -1.64. The Labute approximate surface area is 115 Å². The van der Waals surface area contributed by atoms with Gasteiger partial charge in [0.05, 0.1) is 18.3 Å². The number of hydrogen-bond acceptors (Lipinski definition) is 6. The molecule has 20 heavy (non-hydrogen) atoms. The van der Waals surface area contributed by atoms with E-state index in [1.165, 1.54) is 10.9 Å². The van der Waals surface area contributed by atoms with Gasteiger partial charge in [0.15, 0.2) is 0 Å². The Bertz CT molecular complexity index is 497. The van der Waals surface area contributed by atoms with Crippen molar-refractivity contribution in [2.24, 2.45) is 0 Å². The molecule has 0 radical (unpaired) electrons. The number of nitrogens with zero attached hydrogens (tertiary/aromatic N) is 3. The van der Waals surface area contributed by atoms with E-state index < -0.39 is 5.97 Å². The highest BCUT2D eigenvalue weighted by Crippen LogP contribution is 2.14. The SMILES string of the molecule is CC1(OCC(=O)NCc2cn(CC(=O)O)nn2)CNC1. The molecular weight excluding hydrogens is 266 g/mol. The van der Waals surface area contributed by atoms with Crippen LogP contribution in [-0.4, -0.2) is 57.3 Å². The number of rotatable bonds is 7. The second kappa shape index (κ2) is 5.97. The van der Waals surface area contributed by atoms with E-state index in [-0.39, 0.29) is 31.2 Å². The lowest BCUT2D eigenvalue weighted by Gasteiger charge is -2.38. The Morgan fingerprint density at radius 1 is 1.60 bits per heavy atom. The number of ether oxygens (including phenoxy) is 1. The fourth-order valence-corrected chi connectivity index (χ4v) is 1.69. The molecule has 0 aromatic carbocycles. The summed E-state index contributed by atoms with van der Waals surface area (Å²) >= 11 is 0. The predicted molar refractivity (Wildman–Crippen MR) is 66.7 cm³/mol. The summed E-state index contributed by atoms with van der Waals surface area (Å²) in [5.41, 5.74) is 0.234. The van der Waals surface area contributed by atoms with Gasteiger partial charge in [-0.3, -0.25) is 9.59 Å². The van der Waals surface area contributed by atoms with E-state index in [0.29, 0.717) is 5.69 Å². The lowest BCUT2D eigenvalue weighted by molar-refractivity contribution is -0.138. The van der Waals surface area contributed by atoms with E-state index >= 15 is 0 Å². The molecule has 1 aliphatic rings. The molecule has 1 amide bonds. The van der Waals surface area contributed by atoms with Crippen LogP contribution < -0.4 is 10.6 Å². The zero-order valence-electron chi connectivity index (χ0n) is 11.1. The van der Waals surface area contributed by atoms with Crippen molar-refractivity contribution in [1.82, 2.24) is 25.6 Å². The highest BCUT2D eigenvalue weighted by atomic mass is 16.5. The van der Waals surface area contributed by atoms with Crippen LogP contribution in [0.3, 0.4) is 0 Å². The van der Waals surface area contributed by atoms with Gasteiger partial charge in [-0.1, -0.05) is 5.21 Å². The van der Waals surface area contributed by atoms with Gasteiger partial charge < -0.3 is 20.5 Å². The summed E-state index contributed by atoms with van der Waals surface area (Å²) in [4.78, 5) is 22.1. The summed E-state index contributed by atoms with van der Waals surface area (Å²) in [6.07, 6.45) is 1.48. The summed E-state index contributed by atoms with van der Waals surface area (Å²) in [6, 6.07) is 0. The maximum atomic E-state index is 11.6. The van der Waals surface area contributed by atoms with E-state index in [4.69, 9.17) is 9.84 Å². The van der Waals surface area contributed by atoms with Gasteiger partial charge in [-0.15, -0.1) is 5.10 Å². The Hall–Kier alpha value is -2.00. The number of amides is 1. The van der Waals surface area contributed by atoms with Crippen LogP contribution in [0, 0.1) is 0 Å². The van der Waals surface area contributed by atoms with Crippen molar-refractivity contribution in [3.05, 3.63) is 11.9 Å². The van der Waals surface area contributed by atoms with Gasteiger partial charge in [0.25, 0.3) is 0 Å². The standard InChI is InChI=1S/C11H17N5O4/c1-11(6-12-7-11)20-5-9(17)13-2-8-3-16(15-14-8)4-10(18)19/h3,12H,2,4-7H2,1H3,(H,13,17)(H,18,19). The zero-order valence-corrected chi connectivity index (χ0v) is 11.1. The molecule has 0 spiro atoms. The minimum atomic E-state index is -0.999. The number of carbonyl (C=O) groups excluding carboxylic acids is 1. The van der Waals surface area contributed by atoms with Crippen molar-refractivity contribution in [3.8, 4) is 0 Å². The first kappa shape index (κ1) is 14.4. The lowest BCUT2D eigenvalue weighted by atomic mass is 10.0. The van der Waals surface area contributed by atoms with E-state index in [1.807, 2.05) is 6.92 Å². The van der Waals surface area contributed by atoms with E-state index in [1.54, 1.807) is 0 Å². The minimum absolute atomic E-state index is 0.0125. The van der Waals surface area contributed by atoms with Gasteiger partial charge in [0.1, 0.15) is 18.8 Å². The molecule has 0 aliphatic carbocycles. The largest absolute Gasteiger partial charge is 0.480 e. The van der Waals surface area contributed by atoms with Gasteiger partial charge in [0.2, 0.25) is 5.91 Å². The van der Waals surface area contributed by atoms with Crippen LogP contribution in [0.5, 0.6) is 0 Å². The van der Waals surface area contributed by atoms with Crippen LogP contribution in [0.15, 0.2) is 6.20 Å². The number of aliphatic carboxylic acids is 1. The van der Waals surface area contributed by atoms with E-state index in [2.05, 4.69) is 20.9 Å². The molecule has 9 nitrogen and oxygen atoms in total. The molecule has 0 unspecified atom stereocenters. The van der Waals surface area contributed by atoms with Crippen molar-refractivity contribution in [2.75, 3.05) is 19.7 Å². The molecule has 1 aromatic heterocycles. The van der Waals surface area contributed by atoms with Gasteiger partial charge in [-0.25, -0.2) is 4.68 Å². The fourth-order valence-electron chi connectivity index (χ4n) is 1.69. The first-order chi connectivity index (χ1) is 9.47. The number of carbonyl (C=O) groups is 2. The summed E-state index contributed by atoms with van der Waals surface area (Å²) in [5, 5.41) is 21.7. The van der Waals surface area contributed by atoms with Gasteiger partial charge in [-0.2, -0.15) is 0 Å². The van der Waals surface area contributed by atoms with Crippen LogP contribution in [0.4, 0.5) is 0 Å². The summed E-state index contributed by atoms with van der Waals surface area (Å²) in [6.45, 7) is 3.34. The summed E-state index contributed by atoms with van der Waals surface area (Å²) in [7, 11) is 0. The van der Waals surface area contributed by atoms with Crippen molar-refractivity contribution in [2.45, 2.75) is 25.6 Å². The quantitative estimate of drug-likeness (QED) is 0.549. The average molecular weight is 283 g/mol. The molecule has 1 fully saturated rings. The Kier molecular flexibility index (Phi) is 4.30. The lowest BCUT2D eigenvalue weighted by Crippen LogP contribution is -2.59. The van der Waals surface area contributed by atoms with E-state index in [0.717, 1.165) is 13.1 Å². The topological polar surface area (TPSA) is 118 Å². The van der Waals surface area contributed by atoms with Crippen LogP contribution in [-0.2, 0) is 27.4 Å². The molecule has 0 bridgehead atoms. The summed E-state index contributed by atoms with van der Waals surface area (Å²) in [5.74, 6) is -1.24. The normalized spacial score (nSPS) is 16.4. The smallest absolute Gasteiger partial charge is 0.325 e. The first-order valence-corrected chi connectivity index (χ1v) is 6.19. The van der Waals surface area contributed by atoms with Crippen LogP contribution in [0.2, 0.25) is 0 Å². The number of nitrogens with one attached hydrogen (secondary N) is 2. The number of carboxylic acids is 1. The van der Waals surface area contributed by atoms with Crippen LogP contribution >= 0.6 is 0 Å². The Morgan fingerprint density at radius 2 is 2.35 bits per heavy atom. The second-order valence-corrected chi connectivity index (χ2v) is 4.92. The third-order valence-corrected chi connectivity index (χ3v) is 2.90. The Balaban J connectivity index is 1.70.